The van der Waals surface area contributed by atoms with E-state index in [2.05, 4.69) is 20.8 Å². The van der Waals surface area contributed by atoms with Gasteiger partial charge in [0, 0.05) is 6.61 Å². The zero-order valence-corrected chi connectivity index (χ0v) is 16.3. The number of phenolic OH excluding ortho intramolecular Hbond substituents is 2. The molecular weight excluding hydrogens is 324 g/mol. The summed E-state index contributed by atoms with van der Waals surface area (Å²) in [5.74, 6) is 0.180. The van der Waals surface area contributed by atoms with E-state index in [1.807, 2.05) is 24.3 Å². The van der Waals surface area contributed by atoms with E-state index in [-0.39, 0.29) is 23.5 Å². The summed E-state index contributed by atoms with van der Waals surface area (Å²) in [6.07, 6.45) is 6.32. The summed E-state index contributed by atoms with van der Waals surface area (Å²) in [6, 6.07) is 11.1. The van der Waals surface area contributed by atoms with Gasteiger partial charge in [-0.3, -0.25) is 0 Å². The average Bonchev–Trinajstić information content (AvgIpc) is 2.60. The Morgan fingerprint density at radius 1 is 0.923 bits per heavy atom. The lowest BCUT2D eigenvalue weighted by Gasteiger charge is -2.26. The molecular formula is C23H32O3. The quantitative estimate of drug-likeness (QED) is 0.516. The molecule has 0 amide bonds. The Hall–Kier alpha value is -2.00. The molecule has 142 valence electrons. The van der Waals surface area contributed by atoms with Crippen molar-refractivity contribution in [2.75, 3.05) is 6.61 Å². The molecule has 0 aliphatic rings. The fourth-order valence-electron chi connectivity index (χ4n) is 3.52. The lowest BCUT2D eigenvalue weighted by molar-refractivity contribution is 0.299. The molecule has 0 spiro atoms. The molecule has 3 N–H and O–H groups in total. The highest BCUT2D eigenvalue weighted by Crippen LogP contribution is 2.43. The van der Waals surface area contributed by atoms with Crippen molar-refractivity contribution in [1.29, 1.82) is 0 Å². The van der Waals surface area contributed by atoms with Crippen LogP contribution >= 0.6 is 0 Å². The second-order valence-electron chi connectivity index (χ2n) is 7.71. The van der Waals surface area contributed by atoms with Crippen molar-refractivity contribution in [2.24, 2.45) is 0 Å². The number of hydrogen-bond donors (Lipinski definition) is 3. The second kappa shape index (κ2) is 9.09. The number of unbranched alkanes of at least 4 members (excludes halogenated alkanes) is 3. The molecule has 0 atom stereocenters. The Morgan fingerprint density at radius 2 is 1.58 bits per heavy atom. The van der Waals surface area contributed by atoms with E-state index in [1.54, 1.807) is 12.1 Å². The van der Waals surface area contributed by atoms with E-state index in [0.717, 1.165) is 29.5 Å². The van der Waals surface area contributed by atoms with Crippen LogP contribution in [0.1, 0.15) is 64.0 Å². The Morgan fingerprint density at radius 3 is 2.19 bits per heavy atom. The first kappa shape index (κ1) is 20.3. The SMILES string of the molecule is CCCCCCC(C)(C)c1cc(O)c(-c2ccccc2CCO)c(O)c1. The minimum absolute atomic E-state index is 0.0292. The molecule has 0 saturated heterocycles. The van der Waals surface area contributed by atoms with Crippen molar-refractivity contribution < 1.29 is 15.3 Å². The van der Waals surface area contributed by atoms with Crippen molar-refractivity contribution in [3.8, 4) is 22.6 Å². The smallest absolute Gasteiger partial charge is 0.127 e. The van der Waals surface area contributed by atoms with Crippen LogP contribution in [-0.4, -0.2) is 21.9 Å². The van der Waals surface area contributed by atoms with Gasteiger partial charge >= 0.3 is 0 Å². The number of aromatic hydroxyl groups is 2. The topological polar surface area (TPSA) is 60.7 Å². The number of phenols is 2. The molecule has 26 heavy (non-hydrogen) atoms. The van der Waals surface area contributed by atoms with Crippen molar-refractivity contribution in [3.63, 3.8) is 0 Å². The average molecular weight is 357 g/mol. The summed E-state index contributed by atoms with van der Waals surface area (Å²) in [4.78, 5) is 0. The third-order valence-electron chi connectivity index (χ3n) is 5.20. The lowest BCUT2D eigenvalue weighted by atomic mass is 9.79. The minimum Gasteiger partial charge on any atom is -0.507 e. The van der Waals surface area contributed by atoms with Gasteiger partial charge in [-0.15, -0.1) is 0 Å². The number of aliphatic hydroxyl groups excluding tert-OH is 1. The summed E-state index contributed by atoms with van der Waals surface area (Å²) in [7, 11) is 0. The van der Waals surface area contributed by atoms with Crippen LogP contribution in [0.2, 0.25) is 0 Å². The van der Waals surface area contributed by atoms with E-state index in [4.69, 9.17) is 0 Å². The first-order chi connectivity index (χ1) is 12.4. The third-order valence-corrected chi connectivity index (χ3v) is 5.20. The van der Waals surface area contributed by atoms with E-state index in [0.29, 0.717) is 12.0 Å². The van der Waals surface area contributed by atoms with Crippen LogP contribution in [0.5, 0.6) is 11.5 Å². The van der Waals surface area contributed by atoms with Gasteiger partial charge < -0.3 is 15.3 Å². The number of aliphatic hydroxyl groups is 1. The molecule has 3 nitrogen and oxygen atoms in total. The minimum atomic E-state index is -0.105. The maximum Gasteiger partial charge on any atom is 0.127 e. The molecule has 3 heteroatoms. The van der Waals surface area contributed by atoms with Gasteiger partial charge in [0.25, 0.3) is 0 Å². The van der Waals surface area contributed by atoms with Gasteiger partial charge in [-0.1, -0.05) is 70.7 Å². The van der Waals surface area contributed by atoms with Gasteiger partial charge in [0.05, 0.1) is 5.56 Å². The highest BCUT2D eigenvalue weighted by molar-refractivity contribution is 5.79. The van der Waals surface area contributed by atoms with Crippen molar-refractivity contribution in [1.82, 2.24) is 0 Å². The van der Waals surface area contributed by atoms with Gasteiger partial charge in [-0.25, -0.2) is 0 Å². The molecule has 0 aromatic heterocycles. The van der Waals surface area contributed by atoms with Gasteiger partial charge in [0.15, 0.2) is 0 Å². The Labute approximate surface area is 157 Å². The van der Waals surface area contributed by atoms with Crippen LogP contribution in [0.25, 0.3) is 11.1 Å². The zero-order valence-electron chi connectivity index (χ0n) is 16.3. The standard InChI is InChI=1S/C23H32O3/c1-4-5-6-9-13-23(2,3)18-15-20(25)22(21(26)16-18)19-11-8-7-10-17(19)12-14-24/h7-8,10-11,15-16,24-26H,4-6,9,12-14H2,1-3H3. The van der Waals surface area contributed by atoms with Crippen molar-refractivity contribution in [2.45, 2.75) is 64.7 Å². The summed E-state index contributed by atoms with van der Waals surface area (Å²) in [5, 5.41) is 30.6. The fourth-order valence-corrected chi connectivity index (χ4v) is 3.52. The molecule has 0 radical (unpaired) electrons. The Bertz CT molecular complexity index is 696. The highest BCUT2D eigenvalue weighted by Gasteiger charge is 2.24. The molecule has 2 aromatic rings. The van der Waals surface area contributed by atoms with Gasteiger partial charge in [0.2, 0.25) is 0 Å². The molecule has 0 aliphatic carbocycles. The molecule has 0 unspecified atom stereocenters. The lowest BCUT2D eigenvalue weighted by Crippen LogP contribution is -2.17. The van der Waals surface area contributed by atoms with Gasteiger partial charge in [0.1, 0.15) is 11.5 Å². The first-order valence-corrected chi connectivity index (χ1v) is 9.66. The van der Waals surface area contributed by atoms with E-state index in [9.17, 15) is 15.3 Å². The normalized spacial score (nSPS) is 11.7. The van der Waals surface area contributed by atoms with Crippen LogP contribution < -0.4 is 0 Å². The largest absolute Gasteiger partial charge is 0.507 e. The highest BCUT2D eigenvalue weighted by atomic mass is 16.3. The summed E-state index contributed by atoms with van der Waals surface area (Å²) in [6.45, 7) is 6.55. The predicted octanol–water partition coefficient (Wildman–Crippen LogP) is 5.55. The van der Waals surface area contributed by atoms with Gasteiger partial charge in [-0.05, 0) is 47.1 Å². The van der Waals surface area contributed by atoms with E-state index >= 15 is 0 Å². The third kappa shape index (κ3) is 4.79. The van der Waals surface area contributed by atoms with E-state index in [1.165, 1.54) is 19.3 Å². The maximum atomic E-state index is 10.7. The summed E-state index contributed by atoms with van der Waals surface area (Å²) < 4.78 is 0. The van der Waals surface area contributed by atoms with Crippen LogP contribution in [0.4, 0.5) is 0 Å². The Kier molecular flexibility index (Phi) is 7.10. The number of hydrogen-bond acceptors (Lipinski definition) is 3. The summed E-state index contributed by atoms with van der Waals surface area (Å²) >= 11 is 0. The molecule has 2 aromatic carbocycles. The summed E-state index contributed by atoms with van der Waals surface area (Å²) in [5.41, 5.74) is 2.97. The molecule has 0 heterocycles. The predicted molar refractivity (Wildman–Crippen MR) is 108 cm³/mol. The first-order valence-electron chi connectivity index (χ1n) is 9.66. The van der Waals surface area contributed by atoms with Crippen molar-refractivity contribution >= 4 is 0 Å². The molecule has 0 fully saturated rings. The van der Waals surface area contributed by atoms with Crippen LogP contribution in [0.15, 0.2) is 36.4 Å². The van der Waals surface area contributed by atoms with Crippen LogP contribution in [0.3, 0.4) is 0 Å². The molecule has 2 rings (SSSR count). The maximum absolute atomic E-state index is 10.7. The van der Waals surface area contributed by atoms with Crippen LogP contribution in [0, 0.1) is 0 Å². The monoisotopic (exact) mass is 356 g/mol. The molecule has 0 aliphatic heterocycles. The molecule has 0 bridgehead atoms. The fraction of sp³-hybridized carbons (Fsp3) is 0.478. The van der Waals surface area contributed by atoms with Gasteiger partial charge in [-0.2, -0.15) is 0 Å². The van der Waals surface area contributed by atoms with Crippen molar-refractivity contribution in [3.05, 3.63) is 47.5 Å². The number of benzene rings is 2. The zero-order chi connectivity index (χ0) is 19.2. The Balaban J connectivity index is 2.34. The number of rotatable bonds is 9. The van der Waals surface area contributed by atoms with E-state index < -0.39 is 0 Å². The van der Waals surface area contributed by atoms with Crippen LogP contribution in [-0.2, 0) is 11.8 Å². The second-order valence-corrected chi connectivity index (χ2v) is 7.71. The molecule has 0 saturated carbocycles.